The van der Waals surface area contributed by atoms with Crippen molar-refractivity contribution in [2.75, 3.05) is 13.1 Å². The molecule has 1 N–H and O–H groups in total. The minimum atomic E-state index is -0.624. The minimum Gasteiger partial charge on any atom is -0.445 e. The van der Waals surface area contributed by atoms with Crippen LogP contribution in [0.2, 0.25) is 0 Å². The Bertz CT molecular complexity index is 1130. The van der Waals surface area contributed by atoms with Crippen molar-refractivity contribution in [2.45, 2.75) is 51.5 Å². The zero-order chi connectivity index (χ0) is 24.8. The number of carbonyl (C=O) groups excluding carboxylic acids is 2. The van der Waals surface area contributed by atoms with Crippen LogP contribution in [-0.4, -0.2) is 61.8 Å². The number of rotatable bonds is 5. The van der Waals surface area contributed by atoms with Crippen LogP contribution in [-0.2, 0) is 16.1 Å². The SMILES string of the molecule is CC(C)(C)OC(=O)N[C@@H]1CCN(C(=O)OCc2ccccc2)C[C@H]1n1cc(-c2ccccn2)nn1. The average Bonchev–Trinajstić information content (AvgIpc) is 3.33. The van der Waals surface area contributed by atoms with E-state index in [1.807, 2.05) is 69.3 Å². The van der Waals surface area contributed by atoms with Crippen molar-refractivity contribution in [3.05, 3.63) is 66.5 Å². The molecule has 2 atom stereocenters. The van der Waals surface area contributed by atoms with Gasteiger partial charge in [-0.25, -0.2) is 14.3 Å². The van der Waals surface area contributed by atoms with Gasteiger partial charge in [0, 0.05) is 19.3 Å². The fraction of sp³-hybridized carbons (Fsp3) is 0.400. The van der Waals surface area contributed by atoms with Crippen molar-refractivity contribution in [3.8, 4) is 11.4 Å². The Kier molecular flexibility index (Phi) is 7.28. The highest BCUT2D eigenvalue weighted by Gasteiger charge is 2.36. The number of carbonyl (C=O) groups is 2. The zero-order valence-electron chi connectivity index (χ0n) is 20.1. The standard InChI is InChI=1S/C25H30N6O4/c1-25(2,3)35-23(32)27-20-12-14-30(24(33)34-17-18-9-5-4-6-10-18)16-22(20)31-15-21(28-29-31)19-11-7-8-13-26-19/h4-11,13,15,20,22H,12,14,16-17H2,1-3H3,(H,27,32)/t20-,22-/m1/s1. The fourth-order valence-electron chi connectivity index (χ4n) is 3.87. The Morgan fingerprint density at radius 3 is 2.57 bits per heavy atom. The number of nitrogens with zero attached hydrogens (tertiary/aromatic N) is 5. The first-order chi connectivity index (χ1) is 16.8. The van der Waals surface area contributed by atoms with Crippen LogP contribution in [0.3, 0.4) is 0 Å². The number of pyridine rings is 1. The first-order valence-corrected chi connectivity index (χ1v) is 11.6. The van der Waals surface area contributed by atoms with Crippen LogP contribution in [0, 0.1) is 0 Å². The lowest BCUT2D eigenvalue weighted by Crippen LogP contribution is -2.53. The second-order valence-corrected chi connectivity index (χ2v) is 9.39. The molecule has 0 unspecified atom stereocenters. The summed E-state index contributed by atoms with van der Waals surface area (Å²) < 4.78 is 12.6. The van der Waals surface area contributed by atoms with Crippen LogP contribution in [0.1, 0.15) is 38.8 Å². The molecule has 35 heavy (non-hydrogen) atoms. The number of ether oxygens (including phenoxy) is 2. The zero-order valence-corrected chi connectivity index (χ0v) is 20.1. The normalized spacial score (nSPS) is 18.1. The topological polar surface area (TPSA) is 111 Å². The van der Waals surface area contributed by atoms with Gasteiger partial charge < -0.3 is 19.7 Å². The third kappa shape index (κ3) is 6.56. The highest BCUT2D eigenvalue weighted by Crippen LogP contribution is 2.25. The Morgan fingerprint density at radius 1 is 1.09 bits per heavy atom. The summed E-state index contributed by atoms with van der Waals surface area (Å²) >= 11 is 0. The minimum absolute atomic E-state index is 0.188. The summed E-state index contributed by atoms with van der Waals surface area (Å²) in [7, 11) is 0. The Balaban J connectivity index is 1.49. The van der Waals surface area contributed by atoms with E-state index in [0.29, 0.717) is 30.9 Å². The van der Waals surface area contributed by atoms with Gasteiger partial charge in [0.05, 0.1) is 24.0 Å². The van der Waals surface area contributed by atoms with E-state index in [1.165, 1.54) is 0 Å². The lowest BCUT2D eigenvalue weighted by atomic mass is 9.99. The number of piperidine rings is 1. The maximum absolute atomic E-state index is 12.8. The number of nitrogens with one attached hydrogen (secondary N) is 1. The number of amides is 2. The molecular formula is C25H30N6O4. The molecule has 1 fully saturated rings. The molecule has 10 nitrogen and oxygen atoms in total. The van der Waals surface area contributed by atoms with Gasteiger partial charge in [0.15, 0.2) is 0 Å². The molecule has 2 amide bonds. The van der Waals surface area contributed by atoms with Gasteiger partial charge in [-0.3, -0.25) is 4.98 Å². The molecule has 0 radical (unpaired) electrons. The van der Waals surface area contributed by atoms with Crippen LogP contribution in [0.5, 0.6) is 0 Å². The van der Waals surface area contributed by atoms with E-state index >= 15 is 0 Å². The van der Waals surface area contributed by atoms with Gasteiger partial charge in [0.1, 0.15) is 17.9 Å². The van der Waals surface area contributed by atoms with E-state index in [4.69, 9.17) is 9.47 Å². The van der Waals surface area contributed by atoms with Crippen molar-refractivity contribution < 1.29 is 19.1 Å². The number of hydrogen-bond acceptors (Lipinski definition) is 7. The smallest absolute Gasteiger partial charge is 0.410 e. The molecule has 4 rings (SSSR count). The van der Waals surface area contributed by atoms with E-state index in [2.05, 4.69) is 20.6 Å². The summed E-state index contributed by atoms with van der Waals surface area (Å²) in [6.45, 7) is 6.34. The Morgan fingerprint density at radius 2 is 1.86 bits per heavy atom. The maximum Gasteiger partial charge on any atom is 0.410 e. The maximum atomic E-state index is 12.8. The molecule has 0 saturated carbocycles. The van der Waals surface area contributed by atoms with E-state index < -0.39 is 17.8 Å². The summed E-state index contributed by atoms with van der Waals surface area (Å²) in [6.07, 6.45) is 3.03. The van der Waals surface area contributed by atoms with Crippen molar-refractivity contribution in [3.63, 3.8) is 0 Å². The first-order valence-electron chi connectivity index (χ1n) is 11.6. The van der Waals surface area contributed by atoms with Crippen LogP contribution in [0.15, 0.2) is 60.9 Å². The van der Waals surface area contributed by atoms with Gasteiger partial charge in [-0.15, -0.1) is 5.10 Å². The van der Waals surface area contributed by atoms with Crippen molar-refractivity contribution in [1.29, 1.82) is 0 Å². The number of aromatic nitrogens is 4. The second-order valence-electron chi connectivity index (χ2n) is 9.39. The third-order valence-electron chi connectivity index (χ3n) is 5.52. The van der Waals surface area contributed by atoms with E-state index in [0.717, 1.165) is 5.56 Å². The van der Waals surface area contributed by atoms with E-state index in [9.17, 15) is 9.59 Å². The molecule has 3 aromatic rings. The molecule has 1 saturated heterocycles. The van der Waals surface area contributed by atoms with Crippen molar-refractivity contribution in [2.24, 2.45) is 0 Å². The first kappa shape index (κ1) is 24.2. The lowest BCUT2D eigenvalue weighted by Gasteiger charge is -2.38. The summed E-state index contributed by atoms with van der Waals surface area (Å²) in [5.41, 5.74) is 1.58. The molecule has 1 aromatic carbocycles. The molecule has 0 spiro atoms. The summed E-state index contributed by atoms with van der Waals surface area (Å²) in [6, 6.07) is 14.4. The molecule has 1 aliphatic rings. The molecule has 10 heteroatoms. The molecule has 0 bridgehead atoms. The predicted molar refractivity (Wildman–Crippen MR) is 128 cm³/mol. The quantitative estimate of drug-likeness (QED) is 0.593. The Hall–Kier alpha value is -3.95. The van der Waals surface area contributed by atoms with Crippen LogP contribution >= 0.6 is 0 Å². The molecule has 1 aliphatic heterocycles. The van der Waals surface area contributed by atoms with Gasteiger partial charge in [-0.2, -0.15) is 0 Å². The third-order valence-corrected chi connectivity index (χ3v) is 5.52. The molecular weight excluding hydrogens is 448 g/mol. The molecule has 184 valence electrons. The number of likely N-dealkylation sites (tertiary alicyclic amines) is 1. The predicted octanol–water partition coefficient (Wildman–Crippen LogP) is 3.82. The van der Waals surface area contributed by atoms with Gasteiger partial charge in [0.2, 0.25) is 0 Å². The van der Waals surface area contributed by atoms with Gasteiger partial charge >= 0.3 is 12.2 Å². The lowest BCUT2D eigenvalue weighted by molar-refractivity contribution is 0.0411. The number of alkyl carbamates (subject to hydrolysis) is 1. The highest BCUT2D eigenvalue weighted by molar-refractivity contribution is 5.69. The largest absolute Gasteiger partial charge is 0.445 e. The van der Waals surface area contributed by atoms with Gasteiger partial charge in [-0.1, -0.05) is 41.6 Å². The monoisotopic (exact) mass is 478 g/mol. The van der Waals surface area contributed by atoms with Crippen molar-refractivity contribution in [1.82, 2.24) is 30.2 Å². The summed E-state index contributed by atoms with van der Waals surface area (Å²) in [5, 5.41) is 11.5. The van der Waals surface area contributed by atoms with E-state index in [1.54, 1.807) is 22.0 Å². The van der Waals surface area contributed by atoms with Gasteiger partial charge in [0.25, 0.3) is 0 Å². The highest BCUT2D eigenvalue weighted by atomic mass is 16.6. The number of benzene rings is 1. The molecule has 0 aliphatic carbocycles. The van der Waals surface area contributed by atoms with Crippen LogP contribution in [0.25, 0.3) is 11.4 Å². The molecule has 2 aromatic heterocycles. The van der Waals surface area contributed by atoms with Crippen LogP contribution in [0.4, 0.5) is 9.59 Å². The van der Waals surface area contributed by atoms with Gasteiger partial charge in [-0.05, 0) is 44.9 Å². The summed E-state index contributed by atoms with van der Waals surface area (Å²) in [4.78, 5) is 31.3. The van der Waals surface area contributed by atoms with Crippen molar-refractivity contribution >= 4 is 12.2 Å². The number of hydrogen-bond donors (Lipinski definition) is 1. The Labute approximate surface area is 204 Å². The fourth-order valence-corrected chi connectivity index (χ4v) is 3.87. The van der Waals surface area contributed by atoms with E-state index in [-0.39, 0.29) is 18.7 Å². The second kappa shape index (κ2) is 10.5. The molecule has 3 heterocycles. The average molecular weight is 479 g/mol. The summed E-state index contributed by atoms with van der Waals surface area (Å²) in [5.74, 6) is 0. The van der Waals surface area contributed by atoms with Crippen LogP contribution < -0.4 is 5.32 Å².